The highest BCUT2D eigenvalue weighted by Gasteiger charge is 2.42. The Morgan fingerprint density at radius 2 is 2.03 bits per heavy atom. The third-order valence-corrected chi connectivity index (χ3v) is 5.91. The summed E-state index contributed by atoms with van der Waals surface area (Å²) in [6, 6.07) is 5.64. The molecule has 2 aliphatic heterocycles. The number of amides is 2. The fourth-order valence-electron chi connectivity index (χ4n) is 4.25. The molecule has 0 bridgehead atoms. The second-order valence-corrected chi connectivity index (χ2v) is 8.51. The van der Waals surface area contributed by atoms with Crippen molar-refractivity contribution in [1.82, 2.24) is 14.7 Å². The highest BCUT2D eigenvalue weighted by Crippen LogP contribution is 2.35. The fourth-order valence-corrected chi connectivity index (χ4v) is 4.25. The van der Waals surface area contributed by atoms with Gasteiger partial charge in [-0.2, -0.15) is 5.10 Å². The average Bonchev–Trinajstić information content (AvgIpc) is 3.03. The lowest BCUT2D eigenvalue weighted by molar-refractivity contribution is -0.117. The second kappa shape index (κ2) is 8.70. The maximum Gasteiger partial charge on any atom is 0.258 e. The van der Waals surface area contributed by atoms with E-state index in [-0.39, 0.29) is 18.4 Å². The zero-order valence-corrected chi connectivity index (χ0v) is 18.4. The first-order valence-corrected chi connectivity index (χ1v) is 10.9. The molecule has 1 fully saturated rings. The van der Waals surface area contributed by atoms with Crippen LogP contribution in [0, 0.1) is 13.8 Å². The Labute approximate surface area is 182 Å². The summed E-state index contributed by atoms with van der Waals surface area (Å²) in [6.07, 6.45) is 4.00. The number of ether oxygens (including phenoxy) is 2. The molecular weight excluding hydrogens is 396 g/mol. The minimum atomic E-state index is -0.547. The number of rotatable bonds is 5. The van der Waals surface area contributed by atoms with Crippen LogP contribution in [0.1, 0.15) is 47.7 Å². The van der Waals surface area contributed by atoms with E-state index in [0.29, 0.717) is 49.7 Å². The van der Waals surface area contributed by atoms with Crippen LogP contribution in [-0.4, -0.2) is 58.4 Å². The van der Waals surface area contributed by atoms with Crippen molar-refractivity contribution < 1.29 is 19.1 Å². The van der Waals surface area contributed by atoms with Gasteiger partial charge < -0.3 is 19.7 Å². The van der Waals surface area contributed by atoms with Crippen LogP contribution in [0.4, 0.5) is 5.82 Å². The number of fused-ring (bicyclic) bond motifs is 1. The number of anilines is 1. The smallest absolute Gasteiger partial charge is 0.258 e. The van der Waals surface area contributed by atoms with Gasteiger partial charge in [0.2, 0.25) is 5.91 Å². The normalized spacial score (nSPS) is 17.8. The Hall–Kier alpha value is -2.87. The van der Waals surface area contributed by atoms with Crippen molar-refractivity contribution in [2.45, 2.75) is 52.2 Å². The lowest BCUT2D eigenvalue weighted by Gasteiger charge is -2.38. The molecule has 3 heterocycles. The predicted molar refractivity (Wildman–Crippen MR) is 116 cm³/mol. The van der Waals surface area contributed by atoms with Crippen molar-refractivity contribution in [3.8, 4) is 5.75 Å². The van der Waals surface area contributed by atoms with E-state index in [1.807, 2.05) is 32.0 Å². The first-order chi connectivity index (χ1) is 14.9. The number of nitrogens with one attached hydrogen (secondary N) is 1. The summed E-state index contributed by atoms with van der Waals surface area (Å²) >= 11 is 0. The summed E-state index contributed by atoms with van der Waals surface area (Å²) in [5.41, 5.74) is 1.83. The van der Waals surface area contributed by atoms with Gasteiger partial charge in [-0.3, -0.25) is 9.59 Å². The van der Waals surface area contributed by atoms with E-state index in [0.717, 1.165) is 24.1 Å². The van der Waals surface area contributed by atoms with E-state index in [4.69, 9.17) is 9.47 Å². The SMILES string of the molecule is CCCn1ncc(C)c1NC(=O)CN1CC2(CCOCC2)Oc2ccc(C)cc2C1=O. The number of carbonyl (C=O) groups excluding carboxylic acids is 2. The molecule has 8 nitrogen and oxygen atoms in total. The first kappa shape index (κ1) is 21.4. The minimum absolute atomic E-state index is 0.0467. The molecular formula is C23H30N4O4. The zero-order valence-electron chi connectivity index (χ0n) is 18.4. The van der Waals surface area contributed by atoms with Crippen LogP contribution in [0.25, 0.3) is 0 Å². The highest BCUT2D eigenvalue weighted by molar-refractivity contribution is 6.01. The number of benzene rings is 1. The molecule has 2 aromatic rings. The third-order valence-electron chi connectivity index (χ3n) is 5.91. The number of carbonyl (C=O) groups is 2. The number of nitrogens with zero attached hydrogens (tertiary/aromatic N) is 3. The average molecular weight is 427 g/mol. The lowest BCUT2D eigenvalue weighted by Crippen LogP contribution is -2.52. The molecule has 0 atom stereocenters. The molecule has 31 heavy (non-hydrogen) atoms. The maximum atomic E-state index is 13.4. The van der Waals surface area contributed by atoms with Gasteiger partial charge in [0.25, 0.3) is 5.91 Å². The van der Waals surface area contributed by atoms with E-state index < -0.39 is 5.60 Å². The second-order valence-electron chi connectivity index (χ2n) is 8.51. The van der Waals surface area contributed by atoms with Crippen LogP contribution in [0.2, 0.25) is 0 Å². The summed E-state index contributed by atoms with van der Waals surface area (Å²) in [5, 5.41) is 7.29. The van der Waals surface area contributed by atoms with Gasteiger partial charge in [-0.1, -0.05) is 18.6 Å². The topological polar surface area (TPSA) is 85.7 Å². The molecule has 1 aromatic carbocycles. The Morgan fingerprint density at radius 3 is 2.77 bits per heavy atom. The molecule has 0 radical (unpaired) electrons. The molecule has 0 aliphatic carbocycles. The summed E-state index contributed by atoms with van der Waals surface area (Å²) in [6.45, 7) is 8.09. The van der Waals surface area contributed by atoms with Crippen molar-refractivity contribution in [1.29, 1.82) is 0 Å². The van der Waals surface area contributed by atoms with Gasteiger partial charge >= 0.3 is 0 Å². The Morgan fingerprint density at radius 1 is 1.26 bits per heavy atom. The molecule has 4 rings (SSSR count). The minimum Gasteiger partial charge on any atom is -0.484 e. The Kier molecular flexibility index (Phi) is 6.00. The third kappa shape index (κ3) is 4.44. The van der Waals surface area contributed by atoms with Crippen LogP contribution < -0.4 is 10.1 Å². The summed E-state index contributed by atoms with van der Waals surface area (Å²) in [5.74, 6) is 0.836. The molecule has 0 unspecified atom stereocenters. The number of aryl methyl sites for hydroxylation is 3. The van der Waals surface area contributed by atoms with Gasteiger partial charge in [0.15, 0.2) is 0 Å². The fraction of sp³-hybridized carbons (Fsp3) is 0.522. The first-order valence-electron chi connectivity index (χ1n) is 10.9. The van der Waals surface area contributed by atoms with Crippen molar-refractivity contribution in [2.75, 3.05) is 31.6 Å². The van der Waals surface area contributed by atoms with E-state index in [2.05, 4.69) is 17.3 Å². The number of hydrogen-bond donors (Lipinski definition) is 1. The van der Waals surface area contributed by atoms with Gasteiger partial charge in [0.05, 0.1) is 31.5 Å². The Bertz CT molecular complexity index is 978. The quantitative estimate of drug-likeness (QED) is 0.795. The highest BCUT2D eigenvalue weighted by atomic mass is 16.5. The van der Waals surface area contributed by atoms with E-state index >= 15 is 0 Å². The van der Waals surface area contributed by atoms with Crippen LogP contribution in [-0.2, 0) is 16.1 Å². The zero-order chi connectivity index (χ0) is 22.0. The lowest BCUT2D eigenvalue weighted by atomic mass is 9.93. The summed E-state index contributed by atoms with van der Waals surface area (Å²) < 4.78 is 13.7. The summed E-state index contributed by atoms with van der Waals surface area (Å²) in [7, 11) is 0. The summed E-state index contributed by atoms with van der Waals surface area (Å²) in [4.78, 5) is 28.0. The van der Waals surface area contributed by atoms with E-state index in [1.54, 1.807) is 15.8 Å². The van der Waals surface area contributed by atoms with Crippen LogP contribution in [0.15, 0.2) is 24.4 Å². The van der Waals surface area contributed by atoms with Gasteiger partial charge in [-0.05, 0) is 32.4 Å². The van der Waals surface area contributed by atoms with Crippen LogP contribution in [0.3, 0.4) is 0 Å². The molecule has 1 spiro atoms. The van der Waals surface area contributed by atoms with Crippen molar-refractivity contribution >= 4 is 17.6 Å². The van der Waals surface area contributed by atoms with Gasteiger partial charge in [0.1, 0.15) is 23.7 Å². The van der Waals surface area contributed by atoms with Crippen LogP contribution >= 0.6 is 0 Å². The monoisotopic (exact) mass is 426 g/mol. The van der Waals surface area contributed by atoms with Gasteiger partial charge in [0, 0.05) is 24.9 Å². The number of aromatic nitrogens is 2. The van der Waals surface area contributed by atoms with E-state index in [1.165, 1.54) is 0 Å². The van der Waals surface area contributed by atoms with Crippen molar-refractivity contribution in [3.05, 3.63) is 41.1 Å². The van der Waals surface area contributed by atoms with Crippen molar-refractivity contribution in [2.24, 2.45) is 0 Å². The molecule has 2 amide bonds. The van der Waals surface area contributed by atoms with Gasteiger partial charge in [-0.15, -0.1) is 0 Å². The largest absolute Gasteiger partial charge is 0.484 e. The molecule has 1 saturated heterocycles. The van der Waals surface area contributed by atoms with Crippen molar-refractivity contribution in [3.63, 3.8) is 0 Å². The van der Waals surface area contributed by atoms with Crippen LogP contribution in [0.5, 0.6) is 5.75 Å². The maximum absolute atomic E-state index is 13.4. The molecule has 1 aromatic heterocycles. The number of hydrogen-bond acceptors (Lipinski definition) is 5. The molecule has 2 aliphatic rings. The standard InChI is InChI=1S/C23H30N4O4/c1-4-9-27-21(17(3)13-24-27)25-20(28)14-26-15-23(7-10-30-11-8-23)31-19-6-5-16(2)12-18(19)22(26)29/h5-6,12-13H,4,7-11,14-15H2,1-3H3,(H,25,28). The molecule has 1 N–H and O–H groups in total. The molecule has 0 saturated carbocycles. The van der Waals surface area contributed by atoms with E-state index in [9.17, 15) is 9.59 Å². The Balaban J connectivity index is 1.59. The molecule has 166 valence electrons. The van der Waals surface area contributed by atoms with Gasteiger partial charge in [-0.25, -0.2) is 4.68 Å². The predicted octanol–water partition coefficient (Wildman–Crippen LogP) is 2.93. The molecule has 8 heteroatoms.